The Labute approximate surface area is 71.4 Å². The van der Waals surface area contributed by atoms with Crippen LogP contribution in [0.15, 0.2) is 12.3 Å². The lowest BCUT2D eigenvalue weighted by Crippen LogP contribution is -2.16. The topological polar surface area (TPSA) is 56.0 Å². The zero-order chi connectivity index (χ0) is 10.0. The molecule has 0 bridgehead atoms. The van der Waals surface area contributed by atoms with E-state index in [0.717, 1.165) is 12.3 Å². The maximum Gasteiger partial charge on any atom is 0.270 e. The Morgan fingerprint density at radius 2 is 2.15 bits per heavy atom. The third-order valence-electron chi connectivity index (χ3n) is 1.39. The number of nitrogens with zero attached hydrogens (tertiary/aromatic N) is 1. The van der Waals surface area contributed by atoms with Gasteiger partial charge in [-0.05, 0) is 6.07 Å². The van der Waals surface area contributed by atoms with E-state index in [1.807, 2.05) is 0 Å². The summed E-state index contributed by atoms with van der Waals surface area (Å²) >= 11 is 0. The summed E-state index contributed by atoms with van der Waals surface area (Å²) in [5.74, 6) is -2.52. The van der Waals surface area contributed by atoms with Crippen molar-refractivity contribution < 1.29 is 18.0 Å². The van der Waals surface area contributed by atoms with Crippen molar-refractivity contribution in [2.45, 2.75) is 6.43 Å². The summed E-state index contributed by atoms with van der Waals surface area (Å²) in [6.45, 7) is 0. The van der Waals surface area contributed by atoms with Gasteiger partial charge < -0.3 is 5.73 Å². The van der Waals surface area contributed by atoms with Gasteiger partial charge >= 0.3 is 0 Å². The van der Waals surface area contributed by atoms with Crippen molar-refractivity contribution in [1.82, 2.24) is 4.98 Å². The van der Waals surface area contributed by atoms with E-state index in [-0.39, 0.29) is 0 Å². The van der Waals surface area contributed by atoms with Gasteiger partial charge in [-0.2, -0.15) is 0 Å². The van der Waals surface area contributed by atoms with Gasteiger partial charge in [0.15, 0.2) is 11.5 Å². The third kappa shape index (κ3) is 1.77. The van der Waals surface area contributed by atoms with E-state index in [2.05, 4.69) is 4.98 Å². The van der Waals surface area contributed by atoms with Gasteiger partial charge in [-0.15, -0.1) is 0 Å². The van der Waals surface area contributed by atoms with Gasteiger partial charge in [-0.25, -0.2) is 18.2 Å². The number of carbonyl (C=O) groups is 1. The number of carbonyl (C=O) groups excluding carboxylic acids is 1. The minimum absolute atomic E-state index is 0.766. The zero-order valence-corrected chi connectivity index (χ0v) is 6.30. The van der Waals surface area contributed by atoms with Crippen molar-refractivity contribution >= 4 is 5.91 Å². The zero-order valence-electron chi connectivity index (χ0n) is 6.30. The van der Waals surface area contributed by atoms with Crippen LogP contribution in [0, 0.1) is 5.82 Å². The SMILES string of the molecule is NC(=O)c1nccc(C(F)F)c1F. The number of nitrogens with two attached hydrogens (primary N) is 1. The molecule has 0 unspecified atom stereocenters. The monoisotopic (exact) mass is 190 g/mol. The Morgan fingerprint density at radius 3 is 2.62 bits per heavy atom. The molecule has 0 saturated heterocycles. The largest absolute Gasteiger partial charge is 0.364 e. The molecule has 0 fully saturated rings. The molecule has 1 rings (SSSR count). The lowest BCUT2D eigenvalue weighted by atomic mass is 10.2. The fraction of sp³-hybridized carbons (Fsp3) is 0.143. The summed E-state index contributed by atoms with van der Waals surface area (Å²) in [6.07, 6.45) is -2.08. The maximum absolute atomic E-state index is 12.9. The molecule has 1 aromatic rings. The van der Waals surface area contributed by atoms with E-state index in [0.29, 0.717) is 0 Å². The molecule has 6 heteroatoms. The van der Waals surface area contributed by atoms with Crippen molar-refractivity contribution in [3.63, 3.8) is 0 Å². The number of amides is 1. The van der Waals surface area contributed by atoms with Crippen LogP contribution in [0.5, 0.6) is 0 Å². The van der Waals surface area contributed by atoms with E-state index in [1.54, 1.807) is 0 Å². The fourth-order valence-corrected chi connectivity index (χ4v) is 0.799. The Hall–Kier alpha value is -1.59. The highest BCUT2D eigenvalue weighted by atomic mass is 19.3. The van der Waals surface area contributed by atoms with Gasteiger partial charge in [0.1, 0.15) is 0 Å². The molecule has 2 N–H and O–H groups in total. The number of pyridine rings is 1. The Morgan fingerprint density at radius 1 is 1.54 bits per heavy atom. The predicted octanol–water partition coefficient (Wildman–Crippen LogP) is 1.26. The normalized spacial score (nSPS) is 10.5. The Kier molecular flexibility index (Phi) is 2.50. The van der Waals surface area contributed by atoms with Gasteiger partial charge in [0.25, 0.3) is 12.3 Å². The average molecular weight is 190 g/mol. The Bertz CT molecular complexity index is 341. The summed E-state index contributed by atoms with van der Waals surface area (Å²) in [6, 6.07) is 0.798. The second kappa shape index (κ2) is 3.42. The molecule has 0 radical (unpaired) electrons. The maximum atomic E-state index is 12.9. The minimum atomic E-state index is -2.99. The first-order valence-electron chi connectivity index (χ1n) is 3.26. The predicted molar refractivity (Wildman–Crippen MR) is 37.7 cm³/mol. The highest BCUT2D eigenvalue weighted by Crippen LogP contribution is 2.22. The van der Waals surface area contributed by atoms with Crippen LogP contribution in [0.3, 0.4) is 0 Å². The van der Waals surface area contributed by atoms with Gasteiger partial charge in [0.05, 0.1) is 5.56 Å². The second-order valence-corrected chi connectivity index (χ2v) is 2.23. The van der Waals surface area contributed by atoms with Crippen molar-refractivity contribution in [3.05, 3.63) is 29.3 Å². The van der Waals surface area contributed by atoms with Crippen LogP contribution >= 0.6 is 0 Å². The molecular weight excluding hydrogens is 185 g/mol. The molecule has 3 nitrogen and oxygen atoms in total. The molecule has 0 saturated carbocycles. The number of halogens is 3. The number of primary amides is 1. The molecule has 1 heterocycles. The molecule has 70 valence electrons. The second-order valence-electron chi connectivity index (χ2n) is 2.23. The molecule has 0 atom stereocenters. The van der Waals surface area contributed by atoms with E-state index in [9.17, 15) is 18.0 Å². The molecule has 0 spiro atoms. The summed E-state index contributed by atoms with van der Waals surface area (Å²) in [5, 5.41) is 0. The van der Waals surface area contributed by atoms with E-state index >= 15 is 0 Å². The van der Waals surface area contributed by atoms with Gasteiger partial charge in [0, 0.05) is 6.20 Å². The standard InChI is InChI=1S/C7H5F3N2O/c8-4-3(6(9)10)1-2-12-5(4)7(11)13/h1-2,6H,(H2,11,13). The average Bonchev–Trinajstić information content (AvgIpc) is 2.03. The lowest BCUT2D eigenvalue weighted by molar-refractivity contribution is 0.0989. The number of alkyl halides is 2. The van der Waals surface area contributed by atoms with Crippen molar-refractivity contribution in [3.8, 4) is 0 Å². The molecular formula is C7H5F3N2O. The van der Waals surface area contributed by atoms with Crippen LogP contribution in [0.4, 0.5) is 13.2 Å². The summed E-state index contributed by atoms with van der Waals surface area (Å²) in [4.78, 5) is 13.7. The Balaban J connectivity index is 3.26. The van der Waals surface area contributed by atoms with Gasteiger partial charge in [0.2, 0.25) is 0 Å². The number of aromatic nitrogens is 1. The fourth-order valence-electron chi connectivity index (χ4n) is 0.799. The molecule has 0 aliphatic heterocycles. The van der Waals surface area contributed by atoms with Gasteiger partial charge in [-0.1, -0.05) is 0 Å². The van der Waals surface area contributed by atoms with Crippen LogP contribution < -0.4 is 5.73 Å². The number of hydrogen-bond donors (Lipinski definition) is 1. The summed E-state index contributed by atoms with van der Waals surface area (Å²) in [7, 11) is 0. The molecule has 1 aromatic heterocycles. The molecule has 0 aromatic carbocycles. The third-order valence-corrected chi connectivity index (χ3v) is 1.39. The number of hydrogen-bond acceptors (Lipinski definition) is 2. The van der Waals surface area contributed by atoms with Crippen LogP contribution in [-0.2, 0) is 0 Å². The lowest BCUT2D eigenvalue weighted by Gasteiger charge is -2.02. The van der Waals surface area contributed by atoms with Crippen LogP contribution in [0.25, 0.3) is 0 Å². The van der Waals surface area contributed by atoms with Gasteiger partial charge in [-0.3, -0.25) is 4.79 Å². The smallest absolute Gasteiger partial charge is 0.270 e. The van der Waals surface area contributed by atoms with Crippen molar-refractivity contribution in [2.24, 2.45) is 5.73 Å². The first-order chi connectivity index (χ1) is 6.04. The molecule has 13 heavy (non-hydrogen) atoms. The van der Waals surface area contributed by atoms with E-state index in [4.69, 9.17) is 5.73 Å². The number of rotatable bonds is 2. The summed E-state index contributed by atoms with van der Waals surface area (Å²) in [5.41, 5.74) is 3.06. The quantitative estimate of drug-likeness (QED) is 0.763. The van der Waals surface area contributed by atoms with Crippen LogP contribution in [-0.4, -0.2) is 10.9 Å². The van der Waals surface area contributed by atoms with Crippen molar-refractivity contribution in [2.75, 3.05) is 0 Å². The minimum Gasteiger partial charge on any atom is -0.364 e. The molecule has 1 amide bonds. The van der Waals surface area contributed by atoms with Crippen molar-refractivity contribution in [1.29, 1.82) is 0 Å². The summed E-state index contributed by atoms with van der Waals surface area (Å²) < 4.78 is 37.0. The van der Waals surface area contributed by atoms with E-state index in [1.165, 1.54) is 0 Å². The van der Waals surface area contributed by atoms with Crippen LogP contribution in [0.1, 0.15) is 22.5 Å². The van der Waals surface area contributed by atoms with Crippen LogP contribution in [0.2, 0.25) is 0 Å². The highest BCUT2D eigenvalue weighted by molar-refractivity contribution is 5.91. The molecule has 0 aliphatic rings. The highest BCUT2D eigenvalue weighted by Gasteiger charge is 2.19. The first kappa shape index (κ1) is 9.50. The molecule has 0 aliphatic carbocycles. The first-order valence-corrected chi connectivity index (χ1v) is 3.26. The van der Waals surface area contributed by atoms with E-state index < -0.39 is 29.4 Å².